The largest absolute Gasteiger partial charge is 0.298 e. The summed E-state index contributed by atoms with van der Waals surface area (Å²) in [4.78, 5) is 13.3. The molecule has 0 aliphatic carbocycles. The summed E-state index contributed by atoms with van der Waals surface area (Å²) in [6.45, 7) is 6.02. The molecule has 84 valence electrons. The molecule has 1 unspecified atom stereocenters. The van der Waals surface area contributed by atoms with Crippen molar-refractivity contribution >= 4 is 30.2 Å². The predicted octanol–water partition coefficient (Wildman–Crippen LogP) is 2.29. The van der Waals surface area contributed by atoms with Crippen LogP contribution in [0.15, 0.2) is 0 Å². The highest BCUT2D eigenvalue weighted by Crippen LogP contribution is 2.16. The number of hydrogen-bond acceptors (Lipinski definition) is 4. The Hall–Kier alpha value is 0.330. The Labute approximate surface area is 97.2 Å². The first-order valence-electron chi connectivity index (χ1n) is 4.96. The standard InChI is InChI=1S/C10H21NOS2/c1-5-8(2)14-7-11(4)10(6-13)9(3)12/h8,10,13H,5-7H2,1-4H3/t8?,10-/m0/s1. The van der Waals surface area contributed by atoms with E-state index in [1.54, 1.807) is 6.92 Å². The van der Waals surface area contributed by atoms with Gasteiger partial charge < -0.3 is 0 Å². The van der Waals surface area contributed by atoms with E-state index in [9.17, 15) is 4.79 Å². The summed E-state index contributed by atoms with van der Waals surface area (Å²) in [5.41, 5.74) is 0. The van der Waals surface area contributed by atoms with Crippen LogP contribution in [-0.2, 0) is 4.79 Å². The van der Waals surface area contributed by atoms with E-state index in [1.165, 1.54) is 6.42 Å². The molecule has 0 amide bonds. The minimum atomic E-state index is -0.0325. The molecule has 0 fully saturated rings. The number of nitrogens with zero attached hydrogens (tertiary/aromatic N) is 1. The van der Waals surface area contributed by atoms with Crippen LogP contribution in [0.5, 0.6) is 0 Å². The molecule has 0 aliphatic heterocycles. The molecule has 4 heteroatoms. The Balaban J connectivity index is 3.92. The first-order valence-corrected chi connectivity index (χ1v) is 6.64. The van der Waals surface area contributed by atoms with Crippen LogP contribution in [0, 0.1) is 0 Å². The summed E-state index contributed by atoms with van der Waals surface area (Å²) in [6.07, 6.45) is 1.17. The average molecular weight is 235 g/mol. The highest BCUT2D eigenvalue weighted by Gasteiger charge is 2.17. The SMILES string of the molecule is CCC(C)SCN(C)[C@@H](CS)C(C)=O. The summed E-state index contributed by atoms with van der Waals surface area (Å²) >= 11 is 6.08. The number of Topliss-reactive ketones (excluding diaryl/α,β-unsaturated/α-hetero) is 1. The first-order chi connectivity index (χ1) is 6.52. The van der Waals surface area contributed by atoms with Crippen LogP contribution < -0.4 is 0 Å². The number of rotatable bonds is 7. The third kappa shape index (κ3) is 5.27. The molecule has 14 heavy (non-hydrogen) atoms. The quantitative estimate of drug-likeness (QED) is 0.540. The summed E-state index contributed by atoms with van der Waals surface area (Å²) in [6, 6.07) is -0.0325. The van der Waals surface area contributed by atoms with E-state index in [-0.39, 0.29) is 11.8 Å². The van der Waals surface area contributed by atoms with E-state index in [0.29, 0.717) is 11.0 Å². The summed E-state index contributed by atoms with van der Waals surface area (Å²) in [5.74, 6) is 1.71. The lowest BCUT2D eigenvalue weighted by molar-refractivity contribution is -0.120. The molecule has 0 saturated heterocycles. The average Bonchev–Trinajstić information content (AvgIpc) is 2.14. The number of likely N-dealkylation sites (N-methyl/N-ethyl adjacent to an activating group) is 1. The molecule has 0 spiro atoms. The second-order valence-corrected chi connectivity index (χ2v) is 5.34. The smallest absolute Gasteiger partial charge is 0.147 e. The van der Waals surface area contributed by atoms with Gasteiger partial charge in [-0.25, -0.2) is 0 Å². The molecular weight excluding hydrogens is 214 g/mol. The van der Waals surface area contributed by atoms with Gasteiger partial charge in [0.15, 0.2) is 0 Å². The van der Waals surface area contributed by atoms with Crippen LogP contribution in [0.3, 0.4) is 0 Å². The van der Waals surface area contributed by atoms with Gasteiger partial charge in [-0.2, -0.15) is 12.6 Å². The third-order valence-corrected chi connectivity index (χ3v) is 4.12. The topological polar surface area (TPSA) is 20.3 Å². The van der Waals surface area contributed by atoms with Crippen LogP contribution >= 0.6 is 24.4 Å². The molecule has 0 bridgehead atoms. The maximum Gasteiger partial charge on any atom is 0.147 e. The summed E-state index contributed by atoms with van der Waals surface area (Å²) in [7, 11) is 1.98. The van der Waals surface area contributed by atoms with Gasteiger partial charge in [-0.15, -0.1) is 11.8 Å². The van der Waals surface area contributed by atoms with Gasteiger partial charge in [-0.05, 0) is 20.4 Å². The second kappa shape index (κ2) is 7.60. The van der Waals surface area contributed by atoms with E-state index in [2.05, 4.69) is 31.4 Å². The minimum Gasteiger partial charge on any atom is -0.298 e. The van der Waals surface area contributed by atoms with Crippen molar-refractivity contribution < 1.29 is 4.79 Å². The number of hydrogen-bond donors (Lipinski definition) is 1. The third-order valence-electron chi connectivity index (χ3n) is 2.31. The lowest BCUT2D eigenvalue weighted by atomic mass is 10.2. The molecule has 0 aliphatic rings. The zero-order chi connectivity index (χ0) is 11.1. The predicted molar refractivity (Wildman–Crippen MR) is 68.3 cm³/mol. The summed E-state index contributed by atoms with van der Waals surface area (Å²) in [5, 5.41) is 0.657. The van der Waals surface area contributed by atoms with E-state index in [4.69, 9.17) is 0 Å². The van der Waals surface area contributed by atoms with Gasteiger partial charge in [0.1, 0.15) is 5.78 Å². The molecule has 0 aromatic heterocycles. The fourth-order valence-electron chi connectivity index (χ4n) is 1.03. The fourth-order valence-corrected chi connectivity index (χ4v) is 2.47. The Morgan fingerprint density at radius 3 is 2.50 bits per heavy atom. The highest BCUT2D eigenvalue weighted by atomic mass is 32.2. The van der Waals surface area contributed by atoms with Crippen LogP contribution in [0.2, 0.25) is 0 Å². The van der Waals surface area contributed by atoms with E-state index in [1.807, 2.05) is 18.8 Å². The molecule has 2 atom stereocenters. The van der Waals surface area contributed by atoms with Gasteiger partial charge in [0, 0.05) is 16.9 Å². The molecule has 2 nitrogen and oxygen atoms in total. The van der Waals surface area contributed by atoms with Crippen molar-refractivity contribution in [3.63, 3.8) is 0 Å². The number of carbonyl (C=O) groups excluding carboxylic acids is 1. The Kier molecular flexibility index (Phi) is 7.78. The highest BCUT2D eigenvalue weighted by molar-refractivity contribution is 7.99. The number of ketones is 1. The van der Waals surface area contributed by atoms with Crippen LogP contribution in [-0.4, -0.2) is 40.7 Å². The Morgan fingerprint density at radius 2 is 2.14 bits per heavy atom. The molecule has 0 aromatic rings. The zero-order valence-electron chi connectivity index (χ0n) is 9.49. The number of thioether (sulfide) groups is 1. The van der Waals surface area contributed by atoms with E-state index >= 15 is 0 Å². The van der Waals surface area contributed by atoms with E-state index < -0.39 is 0 Å². The van der Waals surface area contributed by atoms with Gasteiger partial charge in [-0.1, -0.05) is 13.8 Å². The molecule has 0 heterocycles. The Morgan fingerprint density at radius 1 is 1.57 bits per heavy atom. The van der Waals surface area contributed by atoms with Crippen LogP contribution in [0.1, 0.15) is 27.2 Å². The van der Waals surface area contributed by atoms with Crippen LogP contribution in [0.25, 0.3) is 0 Å². The van der Waals surface area contributed by atoms with Crippen LogP contribution in [0.4, 0.5) is 0 Å². The second-order valence-electron chi connectivity index (χ2n) is 3.58. The molecule has 0 aromatic carbocycles. The van der Waals surface area contributed by atoms with Crippen molar-refractivity contribution in [3.8, 4) is 0 Å². The van der Waals surface area contributed by atoms with Crippen molar-refractivity contribution in [1.82, 2.24) is 4.90 Å². The normalized spacial score (nSPS) is 15.6. The first kappa shape index (κ1) is 14.3. The molecule has 0 N–H and O–H groups in total. The minimum absolute atomic E-state index is 0.0325. The van der Waals surface area contributed by atoms with Gasteiger partial charge >= 0.3 is 0 Å². The van der Waals surface area contributed by atoms with E-state index in [0.717, 1.165) is 5.88 Å². The van der Waals surface area contributed by atoms with Crippen molar-refractivity contribution in [2.75, 3.05) is 18.7 Å². The lowest BCUT2D eigenvalue weighted by Gasteiger charge is -2.25. The number of thiol groups is 1. The van der Waals surface area contributed by atoms with Gasteiger partial charge in [0.05, 0.1) is 6.04 Å². The Bertz CT molecular complexity index is 176. The van der Waals surface area contributed by atoms with Crippen molar-refractivity contribution in [2.45, 2.75) is 38.5 Å². The fraction of sp³-hybridized carbons (Fsp3) is 0.900. The van der Waals surface area contributed by atoms with Crippen molar-refractivity contribution in [3.05, 3.63) is 0 Å². The lowest BCUT2D eigenvalue weighted by Crippen LogP contribution is -2.38. The molecular formula is C10H21NOS2. The van der Waals surface area contributed by atoms with Crippen molar-refractivity contribution in [1.29, 1.82) is 0 Å². The molecule has 0 saturated carbocycles. The molecule has 0 rings (SSSR count). The maximum absolute atomic E-state index is 11.2. The maximum atomic E-state index is 11.2. The zero-order valence-corrected chi connectivity index (χ0v) is 11.2. The van der Waals surface area contributed by atoms with Gasteiger partial charge in [0.25, 0.3) is 0 Å². The number of carbonyl (C=O) groups is 1. The molecule has 0 radical (unpaired) electrons. The van der Waals surface area contributed by atoms with Gasteiger partial charge in [-0.3, -0.25) is 9.69 Å². The monoisotopic (exact) mass is 235 g/mol. The van der Waals surface area contributed by atoms with Crippen molar-refractivity contribution in [2.24, 2.45) is 0 Å². The summed E-state index contributed by atoms with van der Waals surface area (Å²) < 4.78 is 0. The van der Waals surface area contributed by atoms with Gasteiger partial charge in [0.2, 0.25) is 0 Å².